The Hall–Kier alpha value is -2.70. The summed E-state index contributed by atoms with van der Waals surface area (Å²) in [6.07, 6.45) is 1.45. The first-order chi connectivity index (χ1) is 14.6. The number of aromatic amines is 1. The molecule has 160 valence electrons. The first-order valence-corrected chi connectivity index (χ1v) is 9.29. The molecule has 4 aromatic heterocycles. The smallest absolute Gasteiger partial charge is 0.328 e. The molecule has 30 heavy (non-hydrogen) atoms. The summed E-state index contributed by atoms with van der Waals surface area (Å²) in [6.45, 7) is -0.939. The molecule has 0 amide bonds. The van der Waals surface area contributed by atoms with Crippen molar-refractivity contribution in [2.45, 2.75) is 26.0 Å². The number of rotatable bonds is 7. The van der Waals surface area contributed by atoms with Gasteiger partial charge in [0.05, 0.1) is 35.9 Å². The molecule has 0 spiro atoms. The van der Waals surface area contributed by atoms with Crippen LogP contribution in [0.1, 0.15) is 20.6 Å². The van der Waals surface area contributed by atoms with Crippen molar-refractivity contribution in [2.75, 3.05) is 11.9 Å². The van der Waals surface area contributed by atoms with Crippen LogP contribution in [-0.4, -0.2) is 41.7 Å². The maximum Gasteiger partial charge on any atom is 0.390 e. The minimum absolute atomic E-state index is 0. The molecular formula is C17H18ClF3N8S. The number of halogens is 4. The summed E-state index contributed by atoms with van der Waals surface area (Å²) >= 11 is 0.974. The van der Waals surface area contributed by atoms with Gasteiger partial charge in [0.1, 0.15) is 5.00 Å². The average Bonchev–Trinajstić information content (AvgIpc) is 3.40. The number of imidazole rings is 1. The van der Waals surface area contributed by atoms with E-state index in [9.17, 15) is 13.2 Å². The van der Waals surface area contributed by atoms with Crippen LogP contribution in [0.5, 0.6) is 0 Å². The Morgan fingerprint density at radius 2 is 2.17 bits per heavy atom. The van der Waals surface area contributed by atoms with E-state index in [0.717, 1.165) is 22.8 Å². The monoisotopic (exact) mass is 460 g/mol. The Balaban J connectivity index is 0.00000289. The summed E-state index contributed by atoms with van der Waals surface area (Å²) in [5.74, 6) is 0.440. The second-order valence-electron chi connectivity index (χ2n) is 6.17. The minimum Gasteiger partial charge on any atom is -0.328 e. The third kappa shape index (κ3) is 5.07. The van der Waals surface area contributed by atoms with Crippen molar-refractivity contribution in [1.29, 1.82) is 0 Å². The molecule has 0 saturated heterocycles. The van der Waals surface area contributed by atoms with Gasteiger partial charge < -0.3 is 10.6 Å². The topological polar surface area (TPSA) is 95.8 Å². The van der Waals surface area contributed by atoms with Crippen LogP contribution in [0.2, 0.25) is 0 Å². The summed E-state index contributed by atoms with van der Waals surface area (Å²) in [4.78, 5) is 8.88. The van der Waals surface area contributed by atoms with Crippen LogP contribution in [0.15, 0.2) is 30.9 Å². The molecule has 3 N–H and O–H groups in total. The predicted octanol–water partition coefficient (Wildman–Crippen LogP) is 4.09. The summed E-state index contributed by atoms with van der Waals surface area (Å²) in [5, 5.41) is 12.5. The Kier molecular flexibility index (Phi) is 5.77. The fourth-order valence-electron chi connectivity index (χ4n) is 2.66. The summed E-state index contributed by atoms with van der Waals surface area (Å²) in [5.41, 5.74) is 2.90. The first kappa shape index (κ1) is 19.3. The first-order valence-electron chi connectivity index (χ1n) is 9.52. The van der Waals surface area contributed by atoms with E-state index in [-0.39, 0.29) is 18.1 Å². The van der Waals surface area contributed by atoms with Crippen LogP contribution in [0.25, 0.3) is 16.9 Å². The van der Waals surface area contributed by atoms with Gasteiger partial charge in [-0.15, -0.1) is 12.4 Å². The molecule has 13 heteroatoms. The van der Waals surface area contributed by atoms with E-state index in [0.29, 0.717) is 22.2 Å². The summed E-state index contributed by atoms with van der Waals surface area (Å²) in [7, 11) is 0. The van der Waals surface area contributed by atoms with Gasteiger partial charge in [0.25, 0.3) is 0 Å². The lowest BCUT2D eigenvalue weighted by molar-refractivity contribution is -0.133. The van der Waals surface area contributed by atoms with Crippen molar-refractivity contribution < 1.29 is 15.9 Å². The number of anilines is 2. The molecule has 0 aliphatic carbocycles. The lowest BCUT2D eigenvalue weighted by atomic mass is 10.3. The van der Waals surface area contributed by atoms with Gasteiger partial charge in [-0.25, -0.2) is 9.97 Å². The van der Waals surface area contributed by atoms with Crippen molar-refractivity contribution in [3.8, 4) is 11.3 Å². The Bertz CT molecular complexity index is 1190. The number of hydrogen-bond donors (Lipinski definition) is 3. The van der Waals surface area contributed by atoms with E-state index in [1.165, 1.54) is 6.07 Å². The third-order valence-electron chi connectivity index (χ3n) is 3.91. The van der Waals surface area contributed by atoms with Crippen molar-refractivity contribution in [3.63, 3.8) is 0 Å². The number of fused-ring (bicyclic) bond motifs is 1. The van der Waals surface area contributed by atoms with Crippen molar-refractivity contribution in [1.82, 2.24) is 34.3 Å². The largest absolute Gasteiger partial charge is 0.390 e. The second-order valence-corrected chi connectivity index (χ2v) is 6.98. The summed E-state index contributed by atoms with van der Waals surface area (Å²) in [6, 6.07) is 1.44. The zero-order valence-corrected chi connectivity index (χ0v) is 17.1. The Labute approximate surface area is 182 Å². The molecule has 0 saturated carbocycles. The fourth-order valence-corrected chi connectivity index (χ4v) is 3.27. The quantitative estimate of drug-likeness (QED) is 0.384. The second kappa shape index (κ2) is 8.98. The van der Waals surface area contributed by atoms with Crippen molar-refractivity contribution in [3.05, 3.63) is 42.2 Å². The molecule has 0 atom stereocenters. The minimum atomic E-state index is -4.36. The van der Waals surface area contributed by atoms with Crippen LogP contribution >= 0.6 is 23.9 Å². The maximum absolute atomic E-state index is 12.3. The van der Waals surface area contributed by atoms with Gasteiger partial charge in [-0.1, -0.05) is 0 Å². The fraction of sp³-hybridized carbons (Fsp3) is 0.294. The molecule has 4 heterocycles. The van der Waals surface area contributed by atoms with Crippen LogP contribution in [0.4, 0.5) is 24.0 Å². The Morgan fingerprint density at radius 1 is 1.33 bits per heavy atom. The van der Waals surface area contributed by atoms with Crippen LogP contribution < -0.4 is 10.6 Å². The normalized spacial score (nSPS) is 13.1. The average molecular weight is 461 g/mol. The van der Waals surface area contributed by atoms with E-state index in [1.807, 2.05) is 17.5 Å². The third-order valence-corrected chi connectivity index (χ3v) is 4.61. The van der Waals surface area contributed by atoms with Gasteiger partial charge in [0.15, 0.2) is 11.5 Å². The highest BCUT2D eigenvalue weighted by Gasteiger charge is 2.25. The zero-order chi connectivity index (χ0) is 22.2. The van der Waals surface area contributed by atoms with Crippen molar-refractivity contribution >= 4 is 40.4 Å². The standard InChI is InChI=1S/C17H17F3N8S.ClH/c1-10-9-28-13(11-5-23-24-6-11)8-22-16(28)15(25-10)26-14-4-12(27-29-14)7-21-3-2-17(18,19)20;/h4-6,8-9,21H,2-3,7H2,1H3,(H,23,24)(H,25,26);1H/i7D2;. The number of aryl methyl sites for hydroxylation is 1. The number of H-pyrrole nitrogens is 1. The molecule has 0 radical (unpaired) electrons. The number of nitrogens with zero attached hydrogens (tertiary/aromatic N) is 5. The molecule has 0 aliphatic rings. The number of hydrogen-bond acceptors (Lipinski definition) is 7. The van der Waals surface area contributed by atoms with Crippen LogP contribution in [-0.2, 0) is 6.50 Å². The maximum atomic E-state index is 12.3. The molecular weight excluding hydrogens is 441 g/mol. The number of nitrogens with one attached hydrogen (secondary N) is 3. The highest BCUT2D eigenvalue weighted by Crippen LogP contribution is 2.27. The van der Waals surface area contributed by atoms with Gasteiger partial charge in [-0.05, 0) is 24.5 Å². The Morgan fingerprint density at radius 3 is 2.90 bits per heavy atom. The number of alkyl halides is 3. The van der Waals surface area contributed by atoms with Gasteiger partial charge >= 0.3 is 6.18 Å². The lowest BCUT2D eigenvalue weighted by Gasteiger charge is -2.07. The van der Waals surface area contributed by atoms with E-state index in [2.05, 4.69) is 35.2 Å². The van der Waals surface area contributed by atoms with Gasteiger partial charge in [-0.3, -0.25) is 9.50 Å². The van der Waals surface area contributed by atoms with E-state index < -0.39 is 25.6 Å². The molecule has 0 fully saturated rings. The van der Waals surface area contributed by atoms with Crippen LogP contribution in [0, 0.1) is 6.92 Å². The molecule has 0 aliphatic heterocycles. The van der Waals surface area contributed by atoms with E-state index in [1.54, 1.807) is 18.6 Å². The molecule has 0 bridgehead atoms. The molecule has 0 unspecified atom stereocenters. The molecule has 4 aromatic rings. The lowest BCUT2D eigenvalue weighted by Crippen LogP contribution is -2.21. The van der Waals surface area contributed by atoms with Crippen LogP contribution in [0.3, 0.4) is 0 Å². The van der Waals surface area contributed by atoms with Gasteiger partial charge in [0, 0.05) is 33.7 Å². The SMILES string of the molecule is Cl.[2H]C([2H])(NCCC(F)(F)F)c1cc(Nc2nc(C)cn3c(-c4cn[nH]c4)cnc23)sn1. The zero-order valence-electron chi connectivity index (χ0n) is 17.5. The highest BCUT2D eigenvalue weighted by atomic mass is 35.5. The van der Waals surface area contributed by atoms with Gasteiger partial charge in [-0.2, -0.15) is 22.6 Å². The van der Waals surface area contributed by atoms with Gasteiger partial charge in [0.2, 0.25) is 0 Å². The van der Waals surface area contributed by atoms with Crippen molar-refractivity contribution in [2.24, 2.45) is 0 Å². The molecule has 8 nitrogen and oxygen atoms in total. The van der Waals surface area contributed by atoms with E-state index >= 15 is 0 Å². The number of aromatic nitrogens is 6. The van der Waals surface area contributed by atoms with E-state index in [4.69, 9.17) is 2.74 Å². The highest BCUT2D eigenvalue weighted by molar-refractivity contribution is 7.10. The summed E-state index contributed by atoms with van der Waals surface area (Å²) < 4.78 is 58.8. The molecule has 0 aromatic carbocycles. The predicted molar refractivity (Wildman–Crippen MR) is 110 cm³/mol. The molecule has 4 rings (SSSR count).